The number of aliphatic imine (C=N–C) groups is 1. The third kappa shape index (κ3) is 2.97. The topological polar surface area (TPSA) is 73.4 Å². The van der Waals surface area contributed by atoms with E-state index < -0.39 is 18.0 Å². The first-order valence-electron chi connectivity index (χ1n) is 8.68. The maximum absolute atomic E-state index is 13.9. The molecule has 0 saturated heterocycles. The van der Waals surface area contributed by atoms with Gasteiger partial charge < -0.3 is 5.11 Å². The Morgan fingerprint density at radius 1 is 1.14 bits per heavy atom. The highest BCUT2D eigenvalue weighted by Gasteiger charge is 2.40. The number of halogens is 3. The Morgan fingerprint density at radius 3 is 2.64 bits per heavy atom. The summed E-state index contributed by atoms with van der Waals surface area (Å²) in [5.74, 6) is 0.274. The van der Waals surface area contributed by atoms with E-state index in [2.05, 4.69) is 20.2 Å². The van der Waals surface area contributed by atoms with Gasteiger partial charge in [0.2, 0.25) is 0 Å². The van der Waals surface area contributed by atoms with E-state index in [1.165, 1.54) is 23.2 Å². The van der Waals surface area contributed by atoms with Crippen LogP contribution in [0.5, 0.6) is 0 Å². The summed E-state index contributed by atoms with van der Waals surface area (Å²) in [5, 5.41) is 18.9. The van der Waals surface area contributed by atoms with Crippen LogP contribution in [-0.4, -0.2) is 40.1 Å². The minimum atomic E-state index is -4.61. The van der Waals surface area contributed by atoms with Crippen LogP contribution < -0.4 is 4.90 Å². The number of alkyl halides is 3. The SMILES string of the molecule is CCC1=NN=C2CN=C(c3ccccn3)c3c(cccc3C(F)(F)F)N2C1O. The average molecular weight is 387 g/mol. The molecule has 1 atom stereocenters. The van der Waals surface area contributed by atoms with E-state index in [1.54, 1.807) is 25.1 Å². The number of pyridine rings is 1. The highest BCUT2D eigenvalue weighted by molar-refractivity contribution is 6.21. The fourth-order valence-electron chi connectivity index (χ4n) is 3.31. The number of hydrogen-bond donors (Lipinski definition) is 1. The summed E-state index contributed by atoms with van der Waals surface area (Å²) in [6.45, 7) is 1.76. The van der Waals surface area contributed by atoms with Crippen molar-refractivity contribution in [3.05, 3.63) is 59.4 Å². The van der Waals surface area contributed by atoms with Crippen molar-refractivity contribution in [2.45, 2.75) is 25.7 Å². The zero-order valence-corrected chi connectivity index (χ0v) is 14.9. The summed E-state index contributed by atoms with van der Waals surface area (Å²) >= 11 is 0. The number of hydrogen-bond acceptors (Lipinski definition) is 6. The zero-order valence-electron chi connectivity index (χ0n) is 14.9. The molecule has 2 aliphatic rings. The maximum Gasteiger partial charge on any atom is 0.417 e. The predicted molar refractivity (Wildman–Crippen MR) is 99.8 cm³/mol. The van der Waals surface area contributed by atoms with Crippen LogP contribution in [0.2, 0.25) is 0 Å². The lowest BCUT2D eigenvalue weighted by Crippen LogP contribution is -2.48. The highest BCUT2D eigenvalue weighted by Crippen LogP contribution is 2.39. The number of rotatable bonds is 2. The summed E-state index contributed by atoms with van der Waals surface area (Å²) in [6, 6.07) is 8.80. The van der Waals surface area contributed by atoms with Gasteiger partial charge in [0.25, 0.3) is 0 Å². The van der Waals surface area contributed by atoms with Gasteiger partial charge in [0.15, 0.2) is 12.1 Å². The minimum absolute atomic E-state index is 0.0323. The smallest absolute Gasteiger partial charge is 0.368 e. The number of aromatic nitrogens is 1. The molecule has 6 nitrogen and oxygen atoms in total. The second-order valence-electron chi connectivity index (χ2n) is 6.28. The van der Waals surface area contributed by atoms with Crippen molar-refractivity contribution in [1.82, 2.24) is 4.98 Å². The number of aliphatic hydroxyl groups is 1. The number of aliphatic hydroxyl groups excluding tert-OH is 1. The Labute approximate surface area is 158 Å². The molecular weight excluding hydrogens is 371 g/mol. The normalized spacial score (nSPS) is 19.1. The molecule has 28 heavy (non-hydrogen) atoms. The standard InChI is InChI=1S/C19H16F3N5O/c1-2-12-18(28)27-14-8-5-6-11(19(20,21)22)16(14)17(13-7-3-4-9-23-13)24-10-15(27)26-25-12/h3-9,18,28H,2,10H2,1H3. The predicted octanol–water partition coefficient (Wildman–Crippen LogP) is 3.25. The Kier molecular flexibility index (Phi) is 4.46. The second-order valence-corrected chi connectivity index (χ2v) is 6.28. The van der Waals surface area contributed by atoms with Gasteiger partial charge in [-0.3, -0.25) is 14.9 Å². The lowest BCUT2D eigenvalue weighted by atomic mass is 9.96. The third-order valence-electron chi connectivity index (χ3n) is 4.61. The molecular formula is C19H16F3N5O. The molecule has 0 bridgehead atoms. The lowest BCUT2D eigenvalue weighted by Gasteiger charge is -2.33. The molecule has 0 radical (unpaired) electrons. The quantitative estimate of drug-likeness (QED) is 0.860. The number of fused-ring (bicyclic) bond motifs is 3. The highest BCUT2D eigenvalue weighted by atomic mass is 19.4. The largest absolute Gasteiger partial charge is 0.417 e. The molecule has 0 saturated carbocycles. The van der Waals surface area contributed by atoms with E-state index in [0.717, 1.165) is 6.07 Å². The van der Waals surface area contributed by atoms with Gasteiger partial charge in [-0.25, -0.2) is 0 Å². The van der Waals surface area contributed by atoms with Crippen LogP contribution >= 0.6 is 0 Å². The van der Waals surface area contributed by atoms with Crippen molar-refractivity contribution in [2.24, 2.45) is 15.2 Å². The van der Waals surface area contributed by atoms with E-state index in [4.69, 9.17) is 0 Å². The molecule has 1 N–H and O–H groups in total. The Balaban J connectivity index is 2.01. The van der Waals surface area contributed by atoms with Crippen LogP contribution in [-0.2, 0) is 6.18 Å². The summed E-state index contributed by atoms with van der Waals surface area (Å²) in [6.07, 6.45) is -3.91. The van der Waals surface area contributed by atoms with Gasteiger partial charge >= 0.3 is 6.18 Å². The molecule has 2 aromatic rings. The van der Waals surface area contributed by atoms with E-state index >= 15 is 0 Å². The number of anilines is 1. The molecule has 0 amide bonds. The van der Waals surface area contributed by atoms with Crippen molar-refractivity contribution < 1.29 is 18.3 Å². The zero-order chi connectivity index (χ0) is 19.9. The molecule has 1 aromatic heterocycles. The van der Waals surface area contributed by atoms with Crippen molar-refractivity contribution in [3.63, 3.8) is 0 Å². The monoisotopic (exact) mass is 387 g/mol. The van der Waals surface area contributed by atoms with Crippen LogP contribution in [0.3, 0.4) is 0 Å². The first kappa shape index (κ1) is 18.3. The van der Waals surface area contributed by atoms with Gasteiger partial charge in [0.1, 0.15) is 0 Å². The fourth-order valence-corrected chi connectivity index (χ4v) is 3.31. The molecule has 3 heterocycles. The van der Waals surface area contributed by atoms with Gasteiger partial charge in [-0.05, 0) is 30.7 Å². The first-order chi connectivity index (χ1) is 13.4. The molecule has 0 spiro atoms. The maximum atomic E-state index is 13.9. The Morgan fingerprint density at radius 2 is 1.96 bits per heavy atom. The minimum Gasteiger partial charge on any atom is -0.368 e. The molecule has 1 aromatic carbocycles. The number of nitrogens with zero attached hydrogens (tertiary/aromatic N) is 5. The number of amidine groups is 1. The van der Waals surface area contributed by atoms with Gasteiger partial charge in [-0.2, -0.15) is 18.3 Å². The Bertz CT molecular complexity index is 998. The third-order valence-corrected chi connectivity index (χ3v) is 4.61. The summed E-state index contributed by atoms with van der Waals surface area (Å²) in [7, 11) is 0. The summed E-state index contributed by atoms with van der Waals surface area (Å²) in [5.41, 5.74) is -0.0196. The second kappa shape index (κ2) is 6.83. The van der Waals surface area contributed by atoms with Crippen LogP contribution in [0, 0.1) is 0 Å². The molecule has 144 valence electrons. The van der Waals surface area contributed by atoms with E-state index in [1.807, 2.05) is 0 Å². The van der Waals surface area contributed by atoms with Gasteiger partial charge in [0.05, 0.1) is 34.9 Å². The van der Waals surface area contributed by atoms with Crippen LogP contribution in [0.1, 0.15) is 30.2 Å². The van der Waals surface area contributed by atoms with Crippen LogP contribution in [0.25, 0.3) is 0 Å². The number of benzene rings is 1. The molecule has 2 aliphatic heterocycles. The molecule has 4 rings (SSSR count). The van der Waals surface area contributed by atoms with Gasteiger partial charge in [0, 0.05) is 11.8 Å². The molecule has 0 aliphatic carbocycles. The molecule has 1 unspecified atom stereocenters. The lowest BCUT2D eigenvalue weighted by molar-refractivity contribution is -0.137. The fraction of sp³-hybridized carbons (Fsp3) is 0.263. The van der Waals surface area contributed by atoms with Crippen molar-refractivity contribution in [3.8, 4) is 0 Å². The van der Waals surface area contributed by atoms with Gasteiger partial charge in [-0.1, -0.05) is 19.1 Å². The van der Waals surface area contributed by atoms with E-state index in [-0.39, 0.29) is 29.3 Å². The van der Waals surface area contributed by atoms with Crippen LogP contribution in [0.15, 0.2) is 57.8 Å². The van der Waals surface area contributed by atoms with E-state index in [9.17, 15) is 18.3 Å². The van der Waals surface area contributed by atoms with E-state index in [0.29, 0.717) is 17.8 Å². The summed E-state index contributed by atoms with van der Waals surface area (Å²) < 4.78 is 41.6. The molecule has 0 fully saturated rings. The van der Waals surface area contributed by atoms with Crippen LogP contribution in [0.4, 0.5) is 18.9 Å². The van der Waals surface area contributed by atoms with Crippen molar-refractivity contribution >= 4 is 22.9 Å². The summed E-state index contributed by atoms with van der Waals surface area (Å²) in [4.78, 5) is 9.94. The van der Waals surface area contributed by atoms with Gasteiger partial charge in [-0.15, -0.1) is 5.10 Å². The van der Waals surface area contributed by atoms with Crippen molar-refractivity contribution in [1.29, 1.82) is 0 Å². The van der Waals surface area contributed by atoms with Crippen molar-refractivity contribution in [2.75, 3.05) is 11.4 Å². The molecule has 9 heteroatoms. The Hall–Kier alpha value is -3.07. The average Bonchev–Trinajstić information content (AvgIpc) is 2.85. The first-order valence-corrected chi connectivity index (χ1v) is 8.68.